The maximum Gasteiger partial charge on any atom is 0.441 e. The topological polar surface area (TPSA) is 67.4 Å². The smallest absolute Gasteiger partial charge is 0.441 e. The summed E-state index contributed by atoms with van der Waals surface area (Å²) in [5.74, 6) is -2.50. The van der Waals surface area contributed by atoms with Gasteiger partial charge in [0, 0.05) is 12.1 Å². The number of hydrogen-bond acceptors (Lipinski definition) is 4. The van der Waals surface area contributed by atoms with E-state index in [2.05, 4.69) is 10.1 Å². The molecular formula is C17H23F3N2O3. The lowest BCUT2D eigenvalue weighted by Gasteiger charge is -2.35. The second-order valence-corrected chi connectivity index (χ2v) is 5.71. The molecule has 25 heavy (non-hydrogen) atoms. The number of carbonyl (C=O) groups is 2. The number of amides is 1. The third kappa shape index (κ3) is 4.87. The first-order valence-corrected chi connectivity index (χ1v) is 7.97. The van der Waals surface area contributed by atoms with Crippen LogP contribution >= 0.6 is 0 Å². The number of hydrogen-bond donors (Lipinski definition) is 2. The Morgan fingerprint density at radius 1 is 1.16 bits per heavy atom. The quantitative estimate of drug-likeness (QED) is 0.577. The second kappa shape index (κ2) is 8.22. The summed E-state index contributed by atoms with van der Waals surface area (Å²) in [7, 11) is 0. The van der Waals surface area contributed by atoms with Crippen molar-refractivity contribution in [3.63, 3.8) is 0 Å². The number of benzene rings is 1. The molecule has 1 unspecified atom stereocenters. The Bertz CT molecular complexity index is 632. The van der Waals surface area contributed by atoms with E-state index in [1.807, 2.05) is 0 Å². The molecule has 8 heteroatoms. The molecule has 1 rings (SSSR count). The normalized spacial score (nSPS) is 13.7. The highest BCUT2D eigenvalue weighted by molar-refractivity contribution is 5.91. The number of ether oxygens (including phenoxy) is 1. The molecule has 2 N–H and O–H groups in total. The fraction of sp³-hybridized carbons (Fsp3) is 0.529. The van der Waals surface area contributed by atoms with Crippen molar-refractivity contribution in [2.24, 2.45) is 0 Å². The summed E-state index contributed by atoms with van der Waals surface area (Å²) in [6.07, 6.45) is -4.92. The minimum Gasteiger partial charge on any atom is -0.463 e. The molecule has 1 amide bonds. The molecule has 140 valence electrons. The van der Waals surface area contributed by atoms with Crippen molar-refractivity contribution in [2.75, 3.05) is 11.9 Å². The Hall–Kier alpha value is -2.25. The SMILES string of the molecule is CCCC(=O)NC(Nc1ccc(C)cc1C)(C(=O)OCC)C(F)(F)F. The standard InChI is InChI=1S/C17H23F3N2O3/c1-5-7-14(23)22-16(17(18,19)20,15(24)25-6-2)21-13-9-8-11(3)10-12(13)4/h8-10,21H,5-7H2,1-4H3,(H,22,23). The van der Waals surface area contributed by atoms with Crippen molar-refractivity contribution < 1.29 is 27.5 Å². The highest BCUT2D eigenvalue weighted by Gasteiger charge is 2.63. The second-order valence-electron chi connectivity index (χ2n) is 5.71. The summed E-state index contributed by atoms with van der Waals surface area (Å²) in [5, 5.41) is 3.97. The minimum atomic E-state index is -5.11. The molecule has 0 aromatic heterocycles. The van der Waals surface area contributed by atoms with Crippen LogP contribution in [-0.2, 0) is 14.3 Å². The van der Waals surface area contributed by atoms with Crippen LogP contribution in [0.2, 0.25) is 0 Å². The van der Waals surface area contributed by atoms with Crippen LogP contribution in [0.5, 0.6) is 0 Å². The van der Waals surface area contributed by atoms with Crippen LogP contribution in [-0.4, -0.2) is 30.3 Å². The molecule has 0 aliphatic rings. The summed E-state index contributed by atoms with van der Waals surface area (Å²) in [6, 6.07) is 4.70. The lowest BCUT2D eigenvalue weighted by molar-refractivity contribution is -0.207. The Labute approximate surface area is 144 Å². The van der Waals surface area contributed by atoms with Crippen molar-refractivity contribution in [1.29, 1.82) is 0 Å². The van der Waals surface area contributed by atoms with Crippen LogP contribution in [0.1, 0.15) is 37.8 Å². The predicted molar refractivity (Wildman–Crippen MR) is 88.0 cm³/mol. The number of esters is 1. The molecular weight excluding hydrogens is 337 g/mol. The van der Waals surface area contributed by atoms with Gasteiger partial charge in [-0.3, -0.25) is 4.79 Å². The van der Waals surface area contributed by atoms with Crippen LogP contribution in [0.4, 0.5) is 18.9 Å². The van der Waals surface area contributed by atoms with E-state index < -0.39 is 23.7 Å². The Kier molecular flexibility index (Phi) is 6.84. The molecule has 0 saturated carbocycles. The molecule has 0 heterocycles. The van der Waals surface area contributed by atoms with Crippen LogP contribution in [0, 0.1) is 13.8 Å². The highest BCUT2D eigenvalue weighted by atomic mass is 19.4. The van der Waals surface area contributed by atoms with E-state index in [1.165, 1.54) is 13.0 Å². The maximum absolute atomic E-state index is 13.9. The molecule has 0 aliphatic carbocycles. The summed E-state index contributed by atoms with van der Waals surface area (Å²) >= 11 is 0. The number of alkyl halides is 3. The predicted octanol–water partition coefficient (Wildman–Crippen LogP) is 3.45. The van der Waals surface area contributed by atoms with Gasteiger partial charge in [-0.15, -0.1) is 0 Å². The van der Waals surface area contributed by atoms with Gasteiger partial charge in [-0.25, -0.2) is 4.79 Å². The molecule has 0 aliphatic heterocycles. The lowest BCUT2D eigenvalue weighted by Crippen LogP contribution is -2.69. The Morgan fingerprint density at radius 3 is 2.28 bits per heavy atom. The van der Waals surface area contributed by atoms with Gasteiger partial charge in [0.25, 0.3) is 0 Å². The van der Waals surface area contributed by atoms with Gasteiger partial charge in [-0.2, -0.15) is 13.2 Å². The van der Waals surface area contributed by atoms with Gasteiger partial charge in [0.2, 0.25) is 5.91 Å². The van der Waals surface area contributed by atoms with E-state index in [0.717, 1.165) is 5.56 Å². The zero-order valence-corrected chi connectivity index (χ0v) is 14.7. The van der Waals surface area contributed by atoms with Crippen LogP contribution in [0.15, 0.2) is 18.2 Å². The fourth-order valence-corrected chi connectivity index (χ4v) is 2.28. The summed E-state index contributed by atoms with van der Waals surface area (Å²) in [4.78, 5) is 24.1. The summed E-state index contributed by atoms with van der Waals surface area (Å²) in [5.41, 5.74) is -1.92. The number of aryl methyl sites for hydroxylation is 2. The van der Waals surface area contributed by atoms with E-state index in [9.17, 15) is 22.8 Å². The van der Waals surface area contributed by atoms with Crippen molar-refractivity contribution in [3.05, 3.63) is 29.3 Å². The van der Waals surface area contributed by atoms with Gasteiger partial charge >= 0.3 is 17.8 Å². The van der Waals surface area contributed by atoms with E-state index in [0.29, 0.717) is 12.0 Å². The molecule has 0 spiro atoms. The van der Waals surface area contributed by atoms with Gasteiger partial charge in [-0.05, 0) is 38.8 Å². The number of rotatable bonds is 7. The summed E-state index contributed by atoms with van der Waals surface area (Å²) in [6.45, 7) is 6.19. The zero-order valence-electron chi connectivity index (χ0n) is 14.7. The van der Waals surface area contributed by atoms with Crippen LogP contribution in [0.25, 0.3) is 0 Å². The molecule has 1 aromatic carbocycles. The molecule has 0 bridgehead atoms. The first-order valence-electron chi connectivity index (χ1n) is 7.97. The van der Waals surface area contributed by atoms with Crippen LogP contribution in [0.3, 0.4) is 0 Å². The van der Waals surface area contributed by atoms with E-state index >= 15 is 0 Å². The molecule has 5 nitrogen and oxygen atoms in total. The van der Waals surface area contributed by atoms with E-state index in [-0.39, 0.29) is 18.7 Å². The first-order chi connectivity index (χ1) is 11.6. The van der Waals surface area contributed by atoms with Crippen molar-refractivity contribution >= 4 is 17.6 Å². The number of nitrogens with one attached hydrogen (secondary N) is 2. The number of anilines is 1. The molecule has 1 aromatic rings. The number of halogens is 3. The Morgan fingerprint density at radius 2 is 1.80 bits per heavy atom. The third-order valence-corrected chi connectivity index (χ3v) is 3.51. The van der Waals surface area contributed by atoms with Gasteiger partial charge < -0.3 is 15.4 Å². The Balaban J connectivity index is 3.40. The zero-order chi connectivity index (χ0) is 19.3. The fourth-order valence-electron chi connectivity index (χ4n) is 2.28. The molecule has 0 fully saturated rings. The van der Waals surface area contributed by atoms with E-state index in [1.54, 1.807) is 38.2 Å². The van der Waals surface area contributed by atoms with Gasteiger partial charge in [-0.1, -0.05) is 24.6 Å². The van der Waals surface area contributed by atoms with Crippen molar-refractivity contribution in [2.45, 2.75) is 52.4 Å². The molecule has 0 radical (unpaired) electrons. The average Bonchev–Trinajstić information content (AvgIpc) is 2.48. The number of carbonyl (C=O) groups excluding carboxylic acids is 2. The van der Waals surface area contributed by atoms with Gasteiger partial charge in [0.1, 0.15) is 0 Å². The van der Waals surface area contributed by atoms with Gasteiger partial charge in [0.15, 0.2) is 0 Å². The van der Waals surface area contributed by atoms with Crippen molar-refractivity contribution in [1.82, 2.24) is 5.32 Å². The van der Waals surface area contributed by atoms with Crippen molar-refractivity contribution in [3.8, 4) is 0 Å². The molecule has 0 saturated heterocycles. The average molecular weight is 360 g/mol. The maximum atomic E-state index is 13.9. The summed E-state index contributed by atoms with van der Waals surface area (Å²) < 4.78 is 46.2. The third-order valence-electron chi connectivity index (χ3n) is 3.51. The first kappa shape index (κ1) is 20.8. The monoisotopic (exact) mass is 360 g/mol. The highest BCUT2D eigenvalue weighted by Crippen LogP contribution is 2.34. The van der Waals surface area contributed by atoms with Gasteiger partial charge in [0.05, 0.1) is 6.61 Å². The van der Waals surface area contributed by atoms with E-state index in [4.69, 9.17) is 0 Å². The lowest BCUT2D eigenvalue weighted by atomic mass is 10.1. The van der Waals surface area contributed by atoms with Crippen LogP contribution < -0.4 is 10.6 Å². The largest absolute Gasteiger partial charge is 0.463 e. The molecule has 1 atom stereocenters. The minimum absolute atomic E-state index is 0.0766.